The fourth-order valence-electron chi connectivity index (χ4n) is 3.14. The topological polar surface area (TPSA) is 49.4 Å². The molecule has 3 aromatic rings. The zero-order chi connectivity index (χ0) is 19.8. The molecule has 0 bridgehead atoms. The number of imide groups is 1. The minimum Gasteiger partial charge on any atom is -0.350 e. The van der Waals surface area contributed by atoms with Crippen LogP contribution in [-0.2, 0) is 9.59 Å². The van der Waals surface area contributed by atoms with Gasteiger partial charge in [-0.15, -0.1) is 11.3 Å². The van der Waals surface area contributed by atoms with Gasteiger partial charge in [-0.3, -0.25) is 9.59 Å². The number of rotatable bonds is 4. The van der Waals surface area contributed by atoms with E-state index in [1.54, 1.807) is 24.3 Å². The number of benzene rings is 2. The molecule has 0 saturated heterocycles. The lowest BCUT2D eigenvalue weighted by atomic mass is 10.1. The van der Waals surface area contributed by atoms with Gasteiger partial charge in [-0.25, -0.2) is 4.90 Å². The maximum absolute atomic E-state index is 13.3. The molecule has 0 unspecified atom stereocenters. The Morgan fingerprint density at radius 2 is 1.68 bits per heavy atom. The minimum absolute atomic E-state index is 0.288. The van der Waals surface area contributed by atoms with Gasteiger partial charge in [0.1, 0.15) is 5.70 Å². The van der Waals surface area contributed by atoms with Crippen LogP contribution in [0.2, 0.25) is 5.02 Å². The van der Waals surface area contributed by atoms with Crippen LogP contribution in [-0.4, -0.2) is 11.8 Å². The number of nitrogens with one attached hydrogen (secondary N) is 1. The molecule has 1 N–H and O–H groups in total. The third-order valence-corrected chi connectivity index (χ3v) is 5.94. The average molecular weight is 409 g/mol. The molecule has 4 nitrogen and oxygen atoms in total. The number of aryl methyl sites for hydroxylation is 1. The summed E-state index contributed by atoms with van der Waals surface area (Å²) >= 11 is 7.39. The van der Waals surface area contributed by atoms with E-state index in [9.17, 15) is 9.59 Å². The van der Waals surface area contributed by atoms with Crippen LogP contribution in [0.15, 0.2) is 65.7 Å². The summed E-state index contributed by atoms with van der Waals surface area (Å²) < 4.78 is 0. The summed E-state index contributed by atoms with van der Waals surface area (Å²) in [6.45, 7) is 4.00. The van der Waals surface area contributed by atoms with Crippen molar-refractivity contribution < 1.29 is 9.59 Å². The first kappa shape index (κ1) is 18.5. The molecule has 2 aromatic carbocycles. The second kappa shape index (κ2) is 7.26. The van der Waals surface area contributed by atoms with Crippen molar-refractivity contribution in [2.75, 3.05) is 10.2 Å². The molecule has 4 rings (SSSR count). The Kier molecular flexibility index (Phi) is 4.79. The summed E-state index contributed by atoms with van der Waals surface area (Å²) in [5.41, 5.74) is 4.11. The van der Waals surface area contributed by atoms with E-state index in [0.717, 1.165) is 21.7 Å². The van der Waals surface area contributed by atoms with Crippen LogP contribution < -0.4 is 10.2 Å². The van der Waals surface area contributed by atoms with Gasteiger partial charge in [-0.1, -0.05) is 29.8 Å². The van der Waals surface area contributed by atoms with Crippen LogP contribution in [0.3, 0.4) is 0 Å². The Labute approximate surface area is 172 Å². The maximum Gasteiger partial charge on any atom is 0.282 e. The molecule has 2 amide bonds. The highest BCUT2D eigenvalue weighted by Crippen LogP contribution is 2.36. The quantitative estimate of drug-likeness (QED) is 0.587. The molecule has 0 atom stereocenters. The summed E-state index contributed by atoms with van der Waals surface area (Å²) in [7, 11) is 0. The van der Waals surface area contributed by atoms with Crippen LogP contribution >= 0.6 is 22.9 Å². The number of hydrogen-bond acceptors (Lipinski definition) is 4. The second-order valence-corrected chi connectivity index (χ2v) is 7.91. The van der Waals surface area contributed by atoms with Gasteiger partial charge in [0.25, 0.3) is 11.8 Å². The molecule has 2 heterocycles. The summed E-state index contributed by atoms with van der Waals surface area (Å²) in [5.74, 6) is -0.723. The van der Waals surface area contributed by atoms with Crippen molar-refractivity contribution in [3.63, 3.8) is 0 Å². The molecular weight excluding hydrogens is 392 g/mol. The number of amides is 2. The van der Waals surface area contributed by atoms with Gasteiger partial charge in [0.05, 0.1) is 11.3 Å². The molecule has 0 radical (unpaired) electrons. The van der Waals surface area contributed by atoms with E-state index in [1.807, 2.05) is 49.6 Å². The molecule has 6 heteroatoms. The van der Waals surface area contributed by atoms with Crippen molar-refractivity contribution in [2.24, 2.45) is 0 Å². The Morgan fingerprint density at radius 3 is 2.36 bits per heavy atom. The molecule has 140 valence electrons. The number of anilines is 2. The number of thiophene rings is 1. The molecule has 0 fully saturated rings. The van der Waals surface area contributed by atoms with Crippen LogP contribution in [0.1, 0.15) is 16.0 Å². The van der Waals surface area contributed by atoms with Crippen LogP contribution in [0.5, 0.6) is 0 Å². The Bertz CT molecular complexity index is 1100. The predicted molar refractivity (Wildman–Crippen MR) is 115 cm³/mol. The number of nitrogens with zero attached hydrogens (tertiary/aromatic N) is 1. The third kappa shape index (κ3) is 3.13. The van der Waals surface area contributed by atoms with Crippen molar-refractivity contribution in [2.45, 2.75) is 13.8 Å². The minimum atomic E-state index is -0.378. The first-order valence-corrected chi connectivity index (χ1v) is 9.99. The number of hydrogen-bond donors (Lipinski definition) is 1. The Morgan fingerprint density at radius 1 is 0.929 bits per heavy atom. The zero-order valence-electron chi connectivity index (χ0n) is 15.3. The fraction of sp³-hybridized carbons (Fsp3) is 0.0909. The van der Waals surface area contributed by atoms with E-state index in [4.69, 9.17) is 11.6 Å². The van der Waals surface area contributed by atoms with Gasteiger partial charge >= 0.3 is 0 Å². The zero-order valence-corrected chi connectivity index (χ0v) is 16.9. The second-order valence-electron chi connectivity index (χ2n) is 6.52. The van der Waals surface area contributed by atoms with E-state index in [0.29, 0.717) is 16.3 Å². The standard InChI is InChI=1S/C22H17ClN2O2S/c1-13-5-3-6-17(14(13)2)24-20-19(18-7-4-12-28-18)21(26)25(22(20)27)16-10-8-15(23)9-11-16/h3-12,24H,1-2H3. The molecule has 1 aliphatic heterocycles. The lowest BCUT2D eigenvalue weighted by molar-refractivity contribution is -0.120. The van der Waals surface area contributed by atoms with Crippen LogP contribution in [0.4, 0.5) is 11.4 Å². The molecule has 0 spiro atoms. The average Bonchev–Trinajstić information content (AvgIpc) is 3.27. The third-order valence-electron chi connectivity index (χ3n) is 4.80. The van der Waals surface area contributed by atoms with E-state index in [-0.39, 0.29) is 17.5 Å². The van der Waals surface area contributed by atoms with Crippen LogP contribution in [0.25, 0.3) is 5.57 Å². The van der Waals surface area contributed by atoms with Gasteiger partial charge in [-0.2, -0.15) is 0 Å². The Hall–Kier alpha value is -2.89. The smallest absolute Gasteiger partial charge is 0.282 e. The first-order chi connectivity index (χ1) is 13.5. The normalized spacial score (nSPS) is 14.2. The highest BCUT2D eigenvalue weighted by molar-refractivity contribution is 7.11. The van der Waals surface area contributed by atoms with E-state index in [1.165, 1.54) is 16.2 Å². The van der Waals surface area contributed by atoms with Gasteiger partial charge in [0, 0.05) is 15.6 Å². The van der Waals surface area contributed by atoms with E-state index in [2.05, 4.69) is 5.32 Å². The number of carbonyl (C=O) groups is 2. The Balaban J connectivity index is 1.82. The van der Waals surface area contributed by atoms with E-state index < -0.39 is 0 Å². The monoisotopic (exact) mass is 408 g/mol. The van der Waals surface area contributed by atoms with Gasteiger partial charge in [0.2, 0.25) is 0 Å². The van der Waals surface area contributed by atoms with Gasteiger partial charge < -0.3 is 5.32 Å². The highest BCUT2D eigenvalue weighted by Gasteiger charge is 2.40. The summed E-state index contributed by atoms with van der Waals surface area (Å²) in [6.07, 6.45) is 0. The number of carbonyl (C=O) groups excluding carboxylic acids is 2. The summed E-state index contributed by atoms with van der Waals surface area (Å²) in [4.78, 5) is 28.4. The van der Waals surface area contributed by atoms with Crippen molar-refractivity contribution in [3.8, 4) is 0 Å². The molecule has 0 saturated carbocycles. The lowest BCUT2D eigenvalue weighted by Crippen LogP contribution is -2.32. The van der Waals surface area contributed by atoms with Crippen molar-refractivity contribution in [1.82, 2.24) is 0 Å². The molecule has 1 aromatic heterocycles. The predicted octanol–water partition coefficient (Wildman–Crippen LogP) is 5.41. The summed E-state index contributed by atoms with van der Waals surface area (Å²) in [5, 5.41) is 5.66. The molecular formula is C22H17ClN2O2S. The van der Waals surface area contributed by atoms with Gasteiger partial charge in [0.15, 0.2) is 0 Å². The van der Waals surface area contributed by atoms with Crippen molar-refractivity contribution >= 4 is 51.7 Å². The van der Waals surface area contributed by atoms with Crippen LogP contribution in [0, 0.1) is 13.8 Å². The highest BCUT2D eigenvalue weighted by atomic mass is 35.5. The fourth-order valence-corrected chi connectivity index (χ4v) is 4.04. The molecule has 28 heavy (non-hydrogen) atoms. The van der Waals surface area contributed by atoms with E-state index >= 15 is 0 Å². The molecule has 0 aliphatic carbocycles. The SMILES string of the molecule is Cc1cccc(NC2=C(c3cccs3)C(=O)N(c3ccc(Cl)cc3)C2=O)c1C. The maximum atomic E-state index is 13.3. The first-order valence-electron chi connectivity index (χ1n) is 8.73. The van der Waals surface area contributed by atoms with Crippen molar-refractivity contribution in [1.29, 1.82) is 0 Å². The lowest BCUT2D eigenvalue weighted by Gasteiger charge is -2.16. The number of halogens is 1. The summed E-state index contributed by atoms with van der Waals surface area (Å²) in [6, 6.07) is 16.2. The largest absolute Gasteiger partial charge is 0.350 e. The molecule has 1 aliphatic rings. The van der Waals surface area contributed by atoms with Crippen molar-refractivity contribution in [3.05, 3.63) is 86.7 Å². The van der Waals surface area contributed by atoms with Gasteiger partial charge in [-0.05, 0) is 66.8 Å².